The molecule has 0 saturated carbocycles. The molecule has 1 atom stereocenters. The van der Waals surface area contributed by atoms with Crippen molar-refractivity contribution in [2.75, 3.05) is 73.1 Å². The van der Waals surface area contributed by atoms with E-state index in [9.17, 15) is 0 Å². The molecule has 1 saturated heterocycles. The van der Waals surface area contributed by atoms with Crippen LogP contribution in [-0.2, 0) is 30.2 Å². The maximum absolute atomic E-state index is 6.06. The Morgan fingerprint density at radius 1 is 1.08 bits per heavy atom. The zero-order chi connectivity index (χ0) is 25.6. The molecule has 36 heavy (non-hydrogen) atoms. The molecule has 0 bridgehead atoms. The van der Waals surface area contributed by atoms with Crippen molar-refractivity contribution in [3.05, 3.63) is 30.5 Å². The quantitative estimate of drug-likeness (QED) is 0.288. The number of hydrogen-bond donors (Lipinski definition) is 0. The van der Waals surface area contributed by atoms with Crippen LogP contribution in [0.1, 0.15) is 69.9 Å². The number of allylic oxidation sites excluding steroid dienone is 2. The molecule has 8 heteroatoms. The first-order chi connectivity index (χ1) is 17.6. The van der Waals surface area contributed by atoms with Crippen LogP contribution in [0, 0.1) is 12.3 Å². The van der Waals surface area contributed by atoms with Gasteiger partial charge in [-0.25, -0.2) is 4.68 Å². The van der Waals surface area contributed by atoms with Gasteiger partial charge in [0.25, 0.3) is 0 Å². The molecule has 2 heterocycles. The van der Waals surface area contributed by atoms with E-state index >= 15 is 0 Å². The fourth-order valence-corrected chi connectivity index (χ4v) is 4.83. The SMILES string of the molecule is [CH2]CN(C)Cc1cn(C2CCCCO2)nc1C1=CCC(COCCOCC)(COCCOCC)CC1. The van der Waals surface area contributed by atoms with Crippen molar-refractivity contribution in [2.24, 2.45) is 5.41 Å². The Morgan fingerprint density at radius 3 is 2.33 bits per heavy atom. The molecular weight excluding hydrogens is 458 g/mol. The monoisotopic (exact) mass is 506 g/mol. The first-order valence-electron chi connectivity index (χ1n) is 13.8. The Labute approximate surface area is 218 Å². The molecule has 0 amide bonds. The van der Waals surface area contributed by atoms with E-state index in [0.717, 1.165) is 57.5 Å². The van der Waals surface area contributed by atoms with Gasteiger partial charge >= 0.3 is 0 Å². The lowest BCUT2D eigenvalue weighted by molar-refractivity contribution is -0.0490. The van der Waals surface area contributed by atoms with Crippen LogP contribution in [0.15, 0.2) is 12.3 Å². The number of hydrogen-bond acceptors (Lipinski definition) is 7. The van der Waals surface area contributed by atoms with Crippen LogP contribution in [0.4, 0.5) is 0 Å². The molecule has 1 fully saturated rings. The van der Waals surface area contributed by atoms with Crippen molar-refractivity contribution in [3.63, 3.8) is 0 Å². The third-order valence-corrected chi connectivity index (χ3v) is 7.06. The average molecular weight is 507 g/mol. The minimum absolute atomic E-state index is 0.0390. The highest BCUT2D eigenvalue weighted by molar-refractivity contribution is 5.66. The smallest absolute Gasteiger partial charge is 0.150 e. The van der Waals surface area contributed by atoms with Crippen LogP contribution in [0.5, 0.6) is 0 Å². The molecular formula is C28H48N3O5. The van der Waals surface area contributed by atoms with Gasteiger partial charge in [0.15, 0.2) is 0 Å². The van der Waals surface area contributed by atoms with Crippen LogP contribution >= 0.6 is 0 Å². The van der Waals surface area contributed by atoms with E-state index in [1.807, 2.05) is 13.8 Å². The first kappa shape index (κ1) is 29.3. The Bertz CT molecular complexity index is 761. The number of ether oxygens (including phenoxy) is 5. The van der Waals surface area contributed by atoms with E-state index < -0.39 is 0 Å². The largest absolute Gasteiger partial charge is 0.379 e. The number of aromatic nitrogens is 2. The van der Waals surface area contributed by atoms with E-state index in [4.69, 9.17) is 28.8 Å². The second-order valence-corrected chi connectivity index (χ2v) is 9.97. The highest BCUT2D eigenvalue weighted by Crippen LogP contribution is 2.40. The summed E-state index contributed by atoms with van der Waals surface area (Å²) in [5.41, 5.74) is 3.63. The molecule has 1 aliphatic carbocycles. The van der Waals surface area contributed by atoms with Crippen molar-refractivity contribution < 1.29 is 23.7 Å². The molecule has 205 valence electrons. The Balaban J connectivity index is 1.72. The van der Waals surface area contributed by atoms with Crippen molar-refractivity contribution in [1.82, 2.24) is 14.7 Å². The highest BCUT2D eigenvalue weighted by Gasteiger charge is 2.34. The zero-order valence-electron chi connectivity index (χ0n) is 22.8. The maximum Gasteiger partial charge on any atom is 0.150 e. The first-order valence-corrected chi connectivity index (χ1v) is 13.8. The standard InChI is InChI=1S/C28H48N3O5/c1-5-30(4)20-25-21-31(26-10-8-9-15-36-26)29-27(25)24-11-13-28(14-12-24,22-34-18-16-32-6-2)23-35-19-17-33-7-3/h11,21,26H,1,5-10,12-20,22-23H2,2-4H3. The van der Waals surface area contributed by atoms with Gasteiger partial charge in [0.2, 0.25) is 0 Å². The molecule has 0 N–H and O–H groups in total. The second kappa shape index (κ2) is 15.8. The van der Waals surface area contributed by atoms with Crippen LogP contribution in [-0.4, -0.2) is 87.7 Å². The summed E-state index contributed by atoms with van der Waals surface area (Å²) in [4.78, 5) is 2.22. The normalized spacial score (nSPS) is 20.1. The predicted octanol–water partition coefficient (Wildman–Crippen LogP) is 4.51. The highest BCUT2D eigenvalue weighted by atomic mass is 16.5. The Kier molecular flexibility index (Phi) is 12.9. The minimum Gasteiger partial charge on any atom is -0.379 e. The van der Waals surface area contributed by atoms with Crippen molar-refractivity contribution >= 4 is 5.57 Å². The minimum atomic E-state index is -0.0404. The summed E-state index contributed by atoms with van der Waals surface area (Å²) < 4.78 is 31.1. The van der Waals surface area contributed by atoms with Gasteiger partial charge < -0.3 is 28.6 Å². The van der Waals surface area contributed by atoms with Crippen molar-refractivity contribution in [2.45, 2.75) is 65.1 Å². The second-order valence-electron chi connectivity index (χ2n) is 9.97. The third kappa shape index (κ3) is 8.92. The predicted molar refractivity (Wildman–Crippen MR) is 142 cm³/mol. The summed E-state index contributed by atoms with van der Waals surface area (Å²) in [5, 5.41) is 5.07. The third-order valence-electron chi connectivity index (χ3n) is 7.06. The van der Waals surface area contributed by atoms with E-state index in [0.29, 0.717) is 52.9 Å². The molecule has 8 nitrogen and oxygen atoms in total. The van der Waals surface area contributed by atoms with Gasteiger partial charge in [0.1, 0.15) is 6.23 Å². The topological polar surface area (TPSA) is 67.2 Å². The Morgan fingerprint density at radius 2 is 1.78 bits per heavy atom. The lowest BCUT2D eigenvalue weighted by Gasteiger charge is -2.36. The molecule has 0 spiro atoms. The summed E-state index contributed by atoms with van der Waals surface area (Å²) in [5.74, 6) is 0. The zero-order valence-corrected chi connectivity index (χ0v) is 22.8. The summed E-state index contributed by atoms with van der Waals surface area (Å²) in [7, 11) is 2.10. The van der Waals surface area contributed by atoms with Gasteiger partial charge in [-0.2, -0.15) is 5.10 Å². The maximum atomic E-state index is 6.06. The molecule has 1 unspecified atom stereocenters. The molecule has 1 aliphatic heterocycles. The van der Waals surface area contributed by atoms with Gasteiger partial charge in [-0.15, -0.1) is 0 Å². The van der Waals surface area contributed by atoms with Gasteiger partial charge in [-0.1, -0.05) is 6.08 Å². The van der Waals surface area contributed by atoms with Crippen LogP contribution in [0.2, 0.25) is 0 Å². The fraction of sp³-hybridized carbons (Fsp3) is 0.786. The summed E-state index contributed by atoms with van der Waals surface area (Å²) in [6.45, 7) is 15.7. The lowest BCUT2D eigenvalue weighted by atomic mass is 9.75. The molecule has 0 aromatic carbocycles. The van der Waals surface area contributed by atoms with Crippen LogP contribution in [0.25, 0.3) is 5.57 Å². The van der Waals surface area contributed by atoms with Crippen molar-refractivity contribution in [1.29, 1.82) is 0 Å². The van der Waals surface area contributed by atoms with Gasteiger partial charge in [0, 0.05) is 43.5 Å². The Hall–Kier alpha value is -1.29. The summed E-state index contributed by atoms with van der Waals surface area (Å²) in [6.07, 6.45) is 10.8. The molecule has 1 radical (unpaired) electrons. The summed E-state index contributed by atoms with van der Waals surface area (Å²) >= 11 is 0. The number of rotatable bonds is 17. The average Bonchev–Trinajstić information content (AvgIpc) is 3.33. The van der Waals surface area contributed by atoms with Crippen LogP contribution < -0.4 is 0 Å². The lowest BCUT2D eigenvalue weighted by Crippen LogP contribution is -2.35. The van der Waals surface area contributed by atoms with Crippen molar-refractivity contribution in [3.8, 4) is 0 Å². The van der Waals surface area contributed by atoms with Crippen LogP contribution in [0.3, 0.4) is 0 Å². The fourth-order valence-electron chi connectivity index (χ4n) is 4.83. The summed E-state index contributed by atoms with van der Waals surface area (Å²) in [6, 6.07) is 0. The van der Waals surface area contributed by atoms with Gasteiger partial charge in [-0.3, -0.25) is 0 Å². The molecule has 2 aliphatic rings. The van der Waals surface area contributed by atoms with Gasteiger partial charge in [-0.05, 0) is 78.5 Å². The van der Waals surface area contributed by atoms with E-state index in [1.54, 1.807) is 0 Å². The van der Waals surface area contributed by atoms with E-state index in [2.05, 4.69) is 35.8 Å². The molecule has 1 aromatic heterocycles. The molecule has 3 rings (SSSR count). The van der Waals surface area contributed by atoms with E-state index in [1.165, 1.54) is 17.6 Å². The number of nitrogens with zero attached hydrogens (tertiary/aromatic N) is 3. The van der Waals surface area contributed by atoms with Gasteiger partial charge in [0.05, 0.1) is 45.3 Å². The van der Waals surface area contributed by atoms with E-state index in [-0.39, 0.29) is 11.6 Å². The molecule has 1 aromatic rings.